The number of hydrogen-bond acceptors (Lipinski definition) is 5. The van der Waals surface area contributed by atoms with Gasteiger partial charge in [0.2, 0.25) is 0 Å². The minimum atomic E-state index is -0.600. The van der Waals surface area contributed by atoms with Crippen LogP contribution in [-0.2, 0) is 11.2 Å². The van der Waals surface area contributed by atoms with Crippen LogP contribution in [0.5, 0.6) is 5.75 Å². The number of phenols is 1. The third-order valence-electron chi connectivity index (χ3n) is 2.20. The number of carbonyl (C=O) groups is 1. The highest BCUT2D eigenvalue weighted by Crippen LogP contribution is 2.19. The minimum absolute atomic E-state index is 0.102. The van der Waals surface area contributed by atoms with Gasteiger partial charge in [-0.2, -0.15) is 0 Å². The van der Waals surface area contributed by atoms with E-state index in [2.05, 4.69) is 4.74 Å². The van der Waals surface area contributed by atoms with E-state index in [9.17, 15) is 9.90 Å². The predicted octanol–water partition coefficient (Wildman–Crippen LogP) is 0.0409. The number of rotatable bonds is 4. The average molecular weight is 225 g/mol. The van der Waals surface area contributed by atoms with E-state index in [0.717, 1.165) is 5.56 Å². The summed E-state index contributed by atoms with van der Waals surface area (Å²) in [7, 11) is 1.24. The molecule has 0 aliphatic rings. The number of methoxy groups -OCH3 is 1. The third kappa shape index (κ3) is 2.95. The number of aliphatic hydroxyl groups excluding tert-OH is 1. The molecule has 16 heavy (non-hydrogen) atoms. The lowest BCUT2D eigenvalue weighted by Gasteiger charge is -2.09. The smallest absolute Gasteiger partial charge is 0.341 e. The predicted molar refractivity (Wildman–Crippen MR) is 58.2 cm³/mol. The molecule has 1 aromatic carbocycles. The first-order valence-corrected chi connectivity index (χ1v) is 4.85. The molecule has 0 fully saturated rings. The van der Waals surface area contributed by atoms with E-state index < -0.39 is 5.97 Å². The SMILES string of the molecule is COC(=O)c1cc(CC(N)CO)ccc1O. The maximum absolute atomic E-state index is 11.3. The lowest BCUT2D eigenvalue weighted by Crippen LogP contribution is -2.26. The van der Waals surface area contributed by atoms with E-state index in [4.69, 9.17) is 10.8 Å². The molecule has 4 N–H and O–H groups in total. The summed E-state index contributed by atoms with van der Waals surface area (Å²) in [5.41, 5.74) is 6.44. The van der Waals surface area contributed by atoms with Gasteiger partial charge in [-0.3, -0.25) is 0 Å². The molecular weight excluding hydrogens is 210 g/mol. The first kappa shape index (κ1) is 12.5. The quantitative estimate of drug-likeness (QED) is 0.629. The van der Waals surface area contributed by atoms with Gasteiger partial charge in [0.15, 0.2) is 0 Å². The van der Waals surface area contributed by atoms with Crippen molar-refractivity contribution in [1.29, 1.82) is 0 Å². The molecular formula is C11H15NO4. The van der Waals surface area contributed by atoms with E-state index in [0.29, 0.717) is 6.42 Å². The van der Waals surface area contributed by atoms with Gasteiger partial charge >= 0.3 is 5.97 Å². The molecule has 88 valence electrons. The number of nitrogens with two attached hydrogens (primary N) is 1. The Morgan fingerprint density at radius 2 is 2.25 bits per heavy atom. The van der Waals surface area contributed by atoms with Gasteiger partial charge < -0.3 is 20.7 Å². The summed E-state index contributed by atoms with van der Waals surface area (Å²) in [5.74, 6) is -0.731. The van der Waals surface area contributed by atoms with Crippen molar-refractivity contribution in [3.05, 3.63) is 29.3 Å². The Balaban J connectivity index is 2.93. The largest absolute Gasteiger partial charge is 0.507 e. The molecule has 5 nitrogen and oxygen atoms in total. The number of aliphatic hydroxyl groups is 1. The van der Waals surface area contributed by atoms with Crippen LogP contribution in [0.3, 0.4) is 0 Å². The second-order valence-electron chi connectivity index (χ2n) is 3.49. The molecule has 0 heterocycles. The molecule has 1 aromatic rings. The van der Waals surface area contributed by atoms with Crippen LogP contribution in [0.15, 0.2) is 18.2 Å². The highest BCUT2D eigenvalue weighted by molar-refractivity contribution is 5.92. The second kappa shape index (κ2) is 5.48. The molecule has 0 aliphatic heterocycles. The zero-order valence-corrected chi connectivity index (χ0v) is 9.01. The van der Waals surface area contributed by atoms with Gasteiger partial charge in [-0.05, 0) is 24.1 Å². The van der Waals surface area contributed by atoms with Crippen LogP contribution in [0.2, 0.25) is 0 Å². The molecule has 1 rings (SSSR count). The molecule has 1 atom stereocenters. The molecule has 0 aromatic heterocycles. The number of hydrogen-bond donors (Lipinski definition) is 3. The molecule has 0 spiro atoms. The summed E-state index contributed by atoms with van der Waals surface area (Å²) >= 11 is 0. The maximum atomic E-state index is 11.3. The van der Waals surface area contributed by atoms with Crippen molar-refractivity contribution in [2.75, 3.05) is 13.7 Å². The highest BCUT2D eigenvalue weighted by Gasteiger charge is 2.13. The third-order valence-corrected chi connectivity index (χ3v) is 2.20. The van der Waals surface area contributed by atoms with Crippen molar-refractivity contribution < 1.29 is 19.7 Å². The van der Waals surface area contributed by atoms with Crippen LogP contribution in [0.4, 0.5) is 0 Å². The topological polar surface area (TPSA) is 92.8 Å². The molecule has 0 radical (unpaired) electrons. The molecule has 0 amide bonds. The van der Waals surface area contributed by atoms with Crippen molar-refractivity contribution in [3.63, 3.8) is 0 Å². The Hall–Kier alpha value is -1.59. The molecule has 5 heteroatoms. The van der Waals surface area contributed by atoms with Crippen molar-refractivity contribution in [2.45, 2.75) is 12.5 Å². The Morgan fingerprint density at radius 1 is 1.56 bits per heavy atom. The van der Waals surface area contributed by atoms with Crippen molar-refractivity contribution in [2.24, 2.45) is 5.73 Å². The van der Waals surface area contributed by atoms with Crippen LogP contribution >= 0.6 is 0 Å². The van der Waals surface area contributed by atoms with Crippen LogP contribution in [0.1, 0.15) is 15.9 Å². The zero-order chi connectivity index (χ0) is 12.1. The molecule has 0 saturated heterocycles. The number of benzene rings is 1. The Morgan fingerprint density at radius 3 is 2.81 bits per heavy atom. The number of aromatic hydroxyl groups is 1. The minimum Gasteiger partial charge on any atom is -0.507 e. The molecule has 1 unspecified atom stereocenters. The van der Waals surface area contributed by atoms with Gasteiger partial charge in [-0.25, -0.2) is 4.79 Å². The first-order chi connectivity index (χ1) is 7.58. The van der Waals surface area contributed by atoms with Crippen LogP contribution in [-0.4, -0.2) is 35.9 Å². The molecule has 0 saturated carbocycles. The normalized spacial score (nSPS) is 12.2. The summed E-state index contributed by atoms with van der Waals surface area (Å²) in [6.45, 7) is -0.131. The fourth-order valence-electron chi connectivity index (χ4n) is 1.35. The van der Waals surface area contributed by atoms with Crippen molar-refractivity contribution in [1.82, 2.24) is 0 Å². The Kier molecular flexibility index (Phi) is 4.28. The number of phenolic OH excluding ortho intramolecular Hbond substituents is 1. The fourth-order valence-corrected chi connectivity index (χ4v) is 1.35. The lowest BCUT2D eigenvalue weighted by molar-refractivity contribution is 0.0597. The monoisotopic (exact) mass is 225 g/mol. The highest BCUT2D eigenvalue weighted by atomic mass is 16.5. The van der Waals surface area contributed by atoms with Crippen LogP contribution in [0.25, 0.3) is 0 Å². The van der Waals surface area contributed by atoms with Crippen LogP contribution in [0, 0.1) is 0 Å². The van der Waals surface area contributed by atoms with E-state index in [1.165, 1.54) is 19.2 Å². The van der Waals surface area contributed by atoms with E-state index >= 15 is 0 Å². The summed E-state index contributed by atoms with van der Waals surface area (Å²) in [6.07, 6.45) is 0.431. The van der Waals surface area contributed by atoms with Gasteiger partial charge in [0.25, 0.3) is 0 Å². The lowest BCUT2D eigenvalue weighted by atomic mass is 10.0. The van der Waals surface area contributed by atoms with Crippen LogP contribution < -0.4 is 5.73 Å². The van der Waals surface area contributed by atoms with E-state index in [1.54, 1.807) is 6.07 Å². The molecule has 0 bridgehead atoms. The van der Waals surface area contributed by atoms with Gasteiger partial charge in [0.1, 0.15) is 11.3 Å². The van der Waals surface area contributed by atoms with Gasteiger partial charge in [-0.1, -0.05) is 6.07 Å². The van der Waals surface area contributed by atoms with Gasteiger partial charge in [0, 0.05) is 6.04 Å². The standard InChI is InChI=1S/C11H15NO4/c1-16-11(15)9-5-7(2-3-10(9)14)4-8(12)6-13/h2-3,5,8,13-14H,4,6,12H2,1H3. The van der Waals surface area contributed by atoms with Crippen molar-refractivity contribution >= 4 is 5.97 Å². The number of carbonyl (C=O) groups excluding carboxylic acids is 1. The first-order valence-electron chi connectivity index (χ1n) is 4.85. The summed E-state index contributed by atoms with van der Waals surface area (Å²) in [5, 5.41) is 18.3. The Labute approximate surface area is 93.5 Å². The second-order valence-corrected chi connectivity index (χ2v) is 3.49. The maximum Gasteiger partial charge on any atom is 0.341 e. The average Bonchev–Trinajstić information content (AvgIpc) is 2.30. The van der Waals surface area contributed by atoms with Gasteiger partial charge in [-0.15, -0.1) is 0 Å². The zero-order valence-electron chi connectivity index (χ0n) is 9.01. The summed E-state index contributed by atoms with van der Waals surface area (Å²) in [4.78, 5) is 11.3. The Bertz CT molecular complexity index is 378. The van der Waals surface area contributed by atoms with E-state index in [1.807, 2.05) is 0 Å². The van der Waals surface area contributed by atoms with Gasteiger partial charge in [0.05, 0.1) is 13.7 Å². The van der Waals surface area contributed by atoms with Crippen molar-refractivity contribution in [3.8, 4) is 5.75 Å². The summed E-state index contributed by atoms with van der Waals surface area (Å²) < 4.78 is 4.52. The number of esters is 1. The molecule has 0 aliphatic carbocycles. The number of ether oxygens (including phenoxy) is 1. The fraction of sp³-hybridized carbons (Fsp3) is 0.364. The van der Waals surface area contributed by atoms with E-state index in [-0.39, 0.29) is 24.0 Å². The summed E-state index contributed by atoms with van der Waals surface area (Å²) in [6, 6.07) is 4.19.